The second kappa shape index (κ2) is 13.6. The Kier molecular flexibility index (Phi) is 11.8. The first-order valence-electron chi connectivity index (χ1n) is 10.3. The van der Waals surface area contributed by atoms with Crippen molar-refractivity contribution < 1.29 is 14.6 Å². The van der Waals surface area contributed by atoms with Crippen LogP contribution in [0, 0.1) is 0 Å². The summed E-state index contributed by atoms with van der Waals surface area (Å²) in [5, 5.41) is 9.32. The summed E-state index contributed by atoms with van der Waals surface area (Å²) in [4.78, 5) is 14.7. The monoisotopic (exact) mass is 363 g/mol. The lowest BCUT2D eigenvalue weighted by atomic mass is 10.1. The average molecular weight is 364 g/mol. The van der Waals surface area contributed by atoms with E-state index < -0.39 is 0 Å². The minimum Gasteiger partial charge on any atom is -0.508 e. The molecule has 0 aromatic heterocycles. The molecule has 1 N–H and O–H groups in total. The highest BCUT2D eigenvalue weighted by molar-refractivity contribution is 5.89. The normalized spacial score (nSPS) is 12.3. The van der Waals surface area contributed by atoms with Crippen LogP contribution in [0.15, 0.2) is 24.3 Å². The van der Waals surface area contributed by atoms with Crippen molar-refractivity contribution in [1.82, 2.24) is 4.90 Å². The molecule has 1 unspecified atom stereocenters. The molecule has 0 aliphatic carbocycles. The van der Waals surface area contributed by atoms with E-state index in [1.165, 1.54) is 63.5 Å². The molecule has 0 fully saturated rings. The van der Waals surface area contributed by atoms with Crippen molar-refractivity contribution in [3.63, 3.8) is 0 Å². The number of hydrogen-bond donors (Lipinski definition) is 1. The van der Waals surface area contributed by atoms with Gasteiger partial charge in [-0.3, -0.25) is 4.90 Å². The van der Waals surface area contributed by atoms with Gasteiger partial charge in [0.15, 0.2) is 0 Å². The van der Waals surface area contributed by atoms with Crippen LogP contribution in [0.25, 0.3) is 0 Å². The van der Waals surface area contributed by atoms with Gasteiger partial charge in [-0.2, -0.15) is 0 Å². The fraction of sp³-hybridized carbons (Fsp3) is 0.682. The second-order valence-electron chi connectivity index (χ2n) is 7.18. The molecule has 0 radical (unpaired) electrons. The minimum atomic E-state index is -0.325. The van der Waals surface area contributed by atoms with E-state index in [2.05, 4.69) is 18.7 Å². The van der Waals surface area contributed by atoms with E-state index in [1.807, 2.05) is 6.92 Å². The van der Waals surface area contributed by atoms with E-state index in [9.17, 15) is 9.90 Å². The molecule has 1 aromatic rings. The maximum absolute atomic E-state index is 12.2. The van der Waals surface area contributed by atoms with Crippen LogP contribution < -0.4 is 0 Å². The molecule has 0 saturated heterocycles. The van der Waals surface area contributed by atoms with Crippen LogP contribution in [0.3, 0.4) is 0 Å². The van der Waals surface area contributed by atoms with Gasteiger partial charge in [0.2, 0.25) is 0 Å². The van der Waals surface area contributed by atoms with Crippen molar-refractivity contribution in [3.8, 4) is 5.75 Å². The van der Waals surface area contributed by atoms with Gasteiger partial charge < -0.3 is 9.84 Å². The Labute approximate surface area is 159 Å². The largest absolute Gasteiger partial charge is 0.508 e. The van der Waals surface area contributed by atoms with E-state index >= 15 is 0 Å². The SMILES string of the molecule is CCCCCCN(CCCCCC)CC(C)OC(=O)c1ccc(O)cc1. The number of aromatic hydroxyl groups is 1. The van der Waals surface area contributed by atoms with Gasteiger partial charge in [-0.05, 0) is 57.1 Å². The van der Waals surface area contributed by atoms with Gasteiger partial charge in [0.25, 0.3) is 0 Å². The first-order chi connectivity index (χ1) is 12.6. The first kappa shape index (κ1) is 22.5. The highest BCUT2D eigenvalue weighted by atomic mass is 16.5. The molecular weight excluding hydrogens is 326 g/mol. The lowest BCUT2D eigenvalue weighted by molar-refractivity contribution is 0.0249. The third kappa shape index (κ3) is 9.81. The third-order valence-corrected chi connectivity index (χ3v) is 4.58. The number of rotatable bonds is 14. The summed E-state index contributed by atoms with van der Waals surface area (Å²) in [5.74, 6) is -0.172. The summed E-state index contributed by atoms with van der Waals surface area (Å²) in [5.41, 5.74) is 0.479. The maximum Gasteiger partial charge on any atom is 0.338 e. The standard InChI is InChI=1S/C22H37NO3/c1-4-6-8-10-16-23(17-11-9-7-5-2)18-19(3)26-22(25)20-12-14-21(24)15-13-20/h12-15,19,24H,4-11,16-18H2,1-3H3. The number of benzene rings is 1. The molecule has 0 aliphatic rings. The summed E-state index contributed by atoms with van der Waals surface area (Å²) in [6.07, 6.45) is 9.88. The molecule has 0 aliphatic heterocycles. The molecule has 1 aromatic carbocycles. The van der Waals surface area contributed by atoms with E-state index in [-0.39, 0.29) is 17.8 Å². The number of esters is 1. The molecule has 0 spiro atoms. The van der Waals surface area contributed by atoms with Gasteiger partial charge in [0.1, 0.15) is 11.9 Å². The Morgan fingerprint density at radius 3 is 2.00 bits per heavy atom. The third-order valence-electron chi connectivity index (χ3n) is 4.58. The Morgan fingerprint density at radius 1 is 0.962 bits per heavy atom. The predicted octanol–water partition coefficient (Wildman–Crippen LogP) is 5.40. The molecular formula is C22H37NO3. The fourth-order valence-corrected chi connectivity index (χ4v) is 3.07. The molecule has 1 rings (SSSR count). The number of carbonyl (C=O) groups is 1. The topological polar surface area (TPSA) is 49.8 Å². The number of unbranched alkanes of at least 4 members (excludes halogenated alkanes) is 6. The summed E-state index contributed by atoms with van der Waals surface area (Å²) >= 11 is 0. The average Bonchev–Trinajstić information content (AvgIpc) is 2.62. The zero-order chi connectivity index (χ0) is 19.2. The quantitative estimate of drug-likeness (QED) is 0.355. The lowest BCUT2D eigenvalue weighted by Gasteiger charge is -2.26. The van der Waals surface area contributed by atoms with Crippen molar-refractivity contribution in [3.05, 3.63) is 29.8 Å². The zero-order valence-electron chi connectivity index (χ0n) is 16.9. The van der Waals surface area contributed by atoms with Gasteiger partial charge in [-0.15, -0.1) is 0 Å². The Balaban J connectivity index is 2.46. The van der Waals surface area contributed by atoms with Gasteiger partial charge >= 0.3 is 5.97 Å². The van der Waals surface area contributed by atoms with Gasteiger partial charge in [-0.1, -0.05) is 52.4 Å². The summed E-state index contributed by atoms with van der Waals surface area (Å²) in [6.45, 7) is 9.35. The molecule has 1 atom stereocenters. The number of carbonyl (C=O) groups excluding carboxylic acids is 1. The molecule has 148 valence electrons. The van der Waals surface area contributed by atoms with Crippen molar-refractivity contribution in [2.75, 3.05) is 19.6 Å². The molecule has 0 heterocycles. The summed E-state index contributed by atoms with van der Waals surface area (Å²) < 4.78 is 5.60. The van der Waals surface area contributed by atoms with E-state index in [0.29, 0.717) is 5.56 Å². The summed E-state index contributed by atoms with van der Waals surface area (Å²) in [6, 6.07) is 6.21. The smallest absolute Gasteiger partial charge is 0.338 e. The van der Waals surface area contributed by atoms with Crippen LogP contribution in [-0.4, -0.2) is 41.7 Å². The van der Waals surface area contributed by atoms with Crippen molar-refractivity contribution in [2.24, 2.45) is 0 Å². The van der Waals surface area contributed by atoms with Crippen LogP contribution in [0.4, 0.5) is 0 Å². The number of phenols is 1. The predicted molar refractivity (Wildman–Crippen MR) is 108 cm³/mol. The Bertz CT molecular complexity index is 475. The molecule has 26 heavy (non-hydrogen) atoms. The van der Waals surface area contributed by atoms with Crippen molar-refractivity contribution in [1.29, 1.82) is 0 Å². The Hall–Kier alpha value is -1.55. The molecule has 0 saturated carbocycles. The highest BCUT2D eigenvalue weighted by Crippen LogP contribution is 2.12. The number of phenolic OH excluding ortho intramolecular Hbond substituents is 1. The van der Waals surface area contributed by atoms with Gasteiger partial charge in [0, 0.05) is 6.54 Å². The van der Waals surface area contributed by atoms with Crippen LogP contribution in [0.1, 0.15) is 82.5 Å². The zero-order valence-corrected chi connectivity index (χ0v) is 16.9. The molecule has 4 nitrogen and oxygen atoms in total. The highest BCUT2D eigenvalue weighted by Gasteiger charge is 2.15. The van der Waals surface area contributed by atoms with Gasteiger partial charge in [-0.25, -0.2) is 4.79 Å². The maximum atomic E-state index is 12.2. The number of hydrogen-bond acceptors (Lipinski definition) is 4. The minimum absolute atomic E-state index is 0.145. The second-order valence-corrected chi connectivity index (χ2v) is 7.18. The van der Waals surface area contributed by atoms with E-state index in [1.54, 1.807) is 12.1 Å². The first-order valence-corrected chi connectivity index (χ1v) is 10.3. The molecule has 0 amide bonds. The molecule has 0 bridgehead atoms. The van der Waals surface area contributed by atoms with E-state index in [4.69, 9.17) is 4.74 Å². The van der Waals surface area contributed by atoms with Crippen LogP contribution in [0.5, 0.6) is 5.75 Å². The van der Waals surface area contributed by atoms with Crippen LogP contribution >= 0.6 is 0 Å². The van der Waals surface area contributed by atoms with Crippen LogP contribution in [0.2, 0.25) is 0 Å². The van der Waals surface area contributed by atoms with E-state index in [0.717, 1.165) is 19.6 Å². The van der Waals surface area contributed by atoms with Gasteiger partial charge in [0.05, 0.1) is 5.56 Å². The Morgan fingerprint density at radius 2 is 1.50 bits per heavy atom. The summed E-state index contributed by atoms with van der Waals surface area (Å²) in [7, 11) is 0. The van der Waals surface area contributed by atoms with Crippen molar-refractivity contribution in [2.45, 2.75) is 78.2 Å². The fourth-order valence-electron chi connectivity index (χ4n) is 3.07. The van der Waals surface area contributed by atoms with Crippen LogP contribution in [-0.2, 0) is 4.74 Å². The number of nitrogens with zero attached hydrogens (tertiary/aromatic N) is 1. The van der Waals surface area contributed by atoms with Crippen molar-refractivity contribution >= 4 is 5.97 Å². The molecule has 4 heteroatoms. The number of ether oxygens (including phenoxy) is 1. The lowest BCUT2D eigenvalue weighted by Crippen LogP contribution is -2.35.